The molecule has 190 valence electrons. The summed E-state index contributed by atoms with van der Waals surface area (Å²) < 4.78 is 60.7. The van der Waals surface area contributed by atoms with Gasteiger partial charge in [0.2, 0.25) is 0 Å². The highest BCUT2D eigenvalue weighted by molar-refractivity contribution is 4.98. The number of alkyl halides is 4. The van der Waals surface area contributed by atoms with Gasteiger partial charge in [0.05, 0.1) is 0 Å². The first-order valence-electron chi connectivity index (χ1n) is 13.9. The molecule has 0 spiro atoms. The van der Waals surface area contributed by atoms with Crippen molar-refractivity contribution >= 4 is 0 Å². The van der Waals surface area contributed by atoms with Gasteiger partial charge < -0.3 is 0 Å². The molecule has 0 radical (unpaired) electrons. The SMILES string of the molecule is CCCCC(CCC)C1CCC(C2CCC(CCCC(C)CCC)C(F)C2F)C(F)C1F. The van der Waals surface area contributed by atoms with Crippen LogP contribution in [0.4, 0.5) is 17.6 Å². The van der Waals surface area contributed by atoms with E-state index in [1.807, 2.05) is 0 Å². The number of hydrogen-bond donors (Lipinski definition) is 0. The summed E-state index contributed by atoms with van der Waals surface area (Å²) in [5, 5.41) is 0. The fraction of sp³-hybridized carbons (Fsp3) is 1.00. The van der Waals surface area contributed by atoms with Crippen LogP contribution in [0.3, 0.4) is 0 Å². The van der Waals surface area contributed by atoms with Crippen molar-refractivity contribution in [2.24, 2.45) is 35.5 Å². The fourth-order valence-corrected chi connectivity index (χ4v) is 6.87. The van der Waals surface area contributed by atoms with Crippen LogP contribution in [-0.4, -0.2) is 24.7 Å². The lowest BCUT2D eigenvalue weighted by Gasteiger charge is -2.45. The predicted octanol–water partition coefficient (Wildman–Crippen LogP) is 9.60. The van der Waals surface area contributed by atoms with E-state index in [0.717, 1.165) is 57.8 Å². The van der Waals surface area contributed by atoms with Gasteiger partial charge in [-0.15, -0.1) is 0 Å². The summed E-state index contributed by atoms with van der Waals surface area (Å²) in [4.78, 5) is 0. The van der Waals surface area contributed by atoms with Crippen molar-refractivity contribution in [2.75, 3.05) is 0 Å². The van der Waals surface area contributed by atoms with E-state index in [-0.39, 0.29) is 17.8 Å². The molecule has 2 aliphatic rings. The molecule has 0 aromatic carbocycles. The molecule has 0 N–H and O–H groups in total. The van der Waals surface area contributed by atoms with E-state index in [2.05, 4.69) is 27.7 Å². The van der Waals surface area contributed by atoms with Crippen molar-refractivity contribution in [3.8, 4) is 0 Å². The van der Waals surface area contributed by atoms with E-state index in [1.165, 1.54) is 6.42 Å². The monoisotopic (exact) mass is 462 g/mol. The zero-order valence-corrected chi connectivity index (χ0v) is 21.2. The molecule has 2 aliphatic carbocycles. The molecule has 0 bridgehead atoms. The molecule has 10 unspecified atom stereocenters. The molecule has 0 aromatic rings. The van der Waals surface area contributed by atoms with Gasteiger partial charge in [0.1, 0.15) is 24.7 Å². The fourth-order valence-electron chi connectivity index (χ4n) is 6.87. The summed E-state index contributed by atoms with van der Waals surface area (Å²) >= 11 is 0. The highest BCUT2D eigenvalue weighted by atomic mass is 19.2. The number of rotatable bonds is 13. The summed E-state index contributed by atoms with van der Waals surface area (Å²) in [5.41, 5.74) is 0. The van der Waals surface area contributed by atoms with Gasteiger partial charge in [0, 0.05) is 0 Å². The van der Waals surface area contributed by atoms with Crippen molar-refractivity contribution in [3.05, 3.63) is 0 Å². The van der Waals surface area contributed by atoms with E-state index >= 15 is 13.2 Å². The Morgan fingerprint density at radius 3 is 1.88 bits per heavy atom. The smallest absolute Gasteiger partial charge is 0.135 e. The summed E-state index contributed by atoms with van der Waals surface area (Å²) in [5.74, 6) is -0.978. The maximum atomic E-state index is 15.3. The highest BCUT2D eigenvalue weighted by Gasteiger charge is 2.50. The first-order valence-corrected chi connectivity index (χ1v) is 13.9. The van der Waals surface area contributed by atoms with E-state index in [4.69, 9.17) is 0 Å². The molecule has 0 saturated heterocycles. The van der Waals surface area contributed by atoms with Crippen LogP contribution >= 0.6 is 0 Å². The van der Waals surface area contributed by atoms with Crippen LogP contribution in [0.1, 0.15) is 118 Å². The molecule has 0 aromatic heterocycles. The molecular weight excluding hydrogens is 412 g/mol. The molecule has 0 aliphatic heterocycles. The number of unbranched alkanes of at least 4 members (excludes halogenated alkanes) is 1. The molecule has 32 heavy (non-hydrogen) atoms. The Kier molecular flexibility index (Phi) is 12.4. The maximum absolute atomic E-state index is 15.3. The summed E-state index contributed by atoms with van der Waals surface area (Å²) in [6.45, 7) is 8.62. The lowest BCUT2D eigenvalue weighted by Crippen LogP contribution is -2.49. The lowest BCUT2D eigenvalue weighted by atomic mass is 9.63. The van der Waals surface area contributed by atoms with Gasteiger partial charge >= 0.3 is 0 Å². The molecule has 4 heteroatoms. The minimum Gasteiger partial charge on any atom is -0.244 e. The molecule has 2 rings (SSSR count). The third kappa shape index (κ3) is 7.36. The second-order valence-corrected chi connectivity index (χ2v) is 11.2. The number of hydrogen-bond acceptors (Lipinski definition) is 0. The van der Waals surface area contributed by atoms with Crippen LogP contribution in [0.5, 0.6) is 0 Å². The maximum Gasteiger partial charge on any atom is 0.135 e. The normalized spacial score (nSPS) is 37.9. The molecule has 2 fully saturated rings. The Bertz CT molecular complexity index is 498. The van der Waals surface area contributed by atoms with Crippen LogP contribution in [0.2, 0.25) is 0 Å². The minimum absolute atomic E-state index is 0.218. The Balaban J connectivity index is 1.91. The Hall–Kier alpha value is -0.280. The highest BCUT2D eigenvalue weighted by Crippen LogP contribution is 2.48. The molecule has 0 heterocycles. The third-order valence-electron chi connectivity index (χ3n) is 8.79. The van der Waals surface area contributed by atoms with Crippen LogP contribution in [0.25, 0.3) is 0 Å². The first-order chi connectivity index (χ1) is 15.3. The van der Waals surface area contributed by atoms with Crippen LogP contribution in [0.15, 0.2) is 0 Å². The van der Waals surface area contributed by atoms with E-state index in [1.54, 1.807) is 0 Å². The number of halogens is 4. The van der Waals surface area contributed by atoms with Crippen molar-refractivity contribution in [2.45, 2.75) is 142 Å². The van der Waals surface area contributed by atoms with Gasteiger partial charge in [-0.1, -0.05) is 85.5 Å². The van der Waals surface area contributed by atoms with Crippen molar-refractivity contribution in [1.82, 2.24) is 0 Å². The molecule has 0 amide bonds. The van der Waals surface area contributed by atoms with Crippen LogP contribution in [-0.2, 0) is 0 Å². The van der Waals surface area contributed by atoms with Crippen LogP contribution < -0.4 is 0 Å². The standard InChI is InChI=1S/C28H50F4/c1-5-8-13-20(11-7-3)22-17-18-24(28(32)26(22)30)23-16-15-21(25(29)27(23)31)14-9-12-19(4)10-6-2/h19-28H,5-18H2,1-4H3. The van der Waals surface area contributed by atoms with Crippen molar-refractivity contribution in [3.63, 3.8) is 0 Å². The van der Waals surface area contributed by atoms with E-state index in [9.17, 15) is 4.39 Å². The zero-order chi connectivity index (χ0) is 23.7. The van der Waals surface area contributed by atoms with Gasteiger partial charge in [-0.3, -0.25) is 0 Å². The molecule has 10 atom stereocenters. The Labute approximate surface area is 195 Å². The largest absolute Gasteiger partial charge is 0.244 e. The van der Waals surface area contributed by atoms with E-state index in [0.29, 0.717) is 31.6 Å². The van der Waals surface area contributed by atoms with Crippen molar-refractivity contribution in [1.29, 1.82) is 0 Å². The first kappa shape index (κ1) is 28.0. The molecule has 0 nitrogen and oxygen atoms in total. The third-order valence-corrected chi connectivity index (χ3v) is 8.79. The molecular formula is C28H50F4. The Morgan fingerprint density at radius 1 is 0.625 bits per heavy atom. The van der Waals surface area contributed by atoms with Gasteiger partial charge in [-0.05, 0) is 67.6 Å². The second kappa shape index (κ2) is 14.2. The van der Waals surface area contributed by atoms with E-state index < -0.39 is 36.5 Å². The summed E-state index contributed by atoms with van der Waals surface area (Å²) in [6, 6.07) is 0. The summed E-state index contributed by atoms with van der Waals surface area (Å²) in [7, 11) is 0. The van der Waals surface area contributed by atoms with Crippen molar-refractivity contribution < 1.29 is 17.6 Å². The lowest BCUT2D eigenvalue weighted by molar-refractivity contribution is -0.0717. The quantitative estimate of drug-likeness (QED) is 0.239. The minimum atomic E-state index is -1.64. The summed E-state index contributed by atoms with van der Waals surface area (Å²) in [6.07, 6.45) is 5.97. The predicted molar refractivity (Wildman–Crippen MR) is 128 cm³/mol. The Morgan fingerprint density at radius 2 is 1.25 bits per heavy atom. The van der Waals surface area contributed by atoms with Crippen LogP contribution in [0, 0.1) is 35.5 Å². The average molecular weight is 463 g/mol. The molecule has 2 saturated carbocycles. The van der Waals surface area contributed by atoms with Gasteiger partial charge in [0.15, 0.2) is 0 Å². The van der Waals surface area contributed by atoms with Gasteiger partial charge in [0.25, 0.3) is 0 Å². The van der Waals surface area contributed by atoms with Gasteiger partial charge in [-0.2, -0.15) is 0 Å². The second-order valence-electron chi connectivity index (χ2n) is 11.2. The van der Waals surface area contributed by atoms with Gasteiger partial charge in [-0.25, -0.2) is 17.6 Å². The zero-order valence-electron chi connectivity index (χ0n) is 21.2. The average Bonchev–Trinajstić information content (AvgIpc) is 2.77. The topological polar surface area (TPSA) is 0 Å².